The number of hydrogen-bond donors (Lipinski definition) is 1. The van der Waals surface area contributed by atoms with Gasteiger partial charge in [-0.05, 0) is 36.6 Å². The van der Waals surface area contributed by atoms with Crippen molar-refractivity contribution in [2.75, 3.05) is 53.0 Å². The average Bonchev–Trinajstić information content (AvgIpc) is 3.12. The molecule has 0 saturated carbocycles. The number of halogens is 3. The highest BCUT2D eigenvalue weighted by Crippen LogP contribution is 2.17. The number of likely N-dealkylation sites (tertiary alicyclic amines) is 1. The highest BCUT2D eigenvalue weighted by Gasteiger charge is 2.30. The summed E-state index contributed by atoms with van der Waals surface area (Å²) in [7, 11) is 1.76. The predicted octanol–water partition coefficient (Wildman–Crippen LogP) is 2.11. The zero-order valence-corrected chi connectivity index (χ0v) is 17.4. The summed E-state index contributed by atoms with van der Waals surface area (Å²) < 4.78 is 32.3. The van der Waals surface area contributed by atoms with Gasteiger partial charge in [-0.25, -0.2) is 8.78 Å². The summed E-state index contributed by atoms with van der Waals surface area (Å²) in [5.41, 5.74) is 0.385. The molecule has 2 aliphatic heterocycles. The number of nitrogens with one attached hydrogen (secondary N) is 1. The van der Waals surface area contributed by atoms with E-state index in [0.717, 1.165) is 57.8 Å². The number of morpholine rings is 1. The number of rotatable bonds is 4. The molecule has 0 spiro atoms. The van der Waals surface area contributed by atoms with Gasteiger partial charge in [-0.2, -0.15) is 0 Å². The van der Waals surface area contributed by atoms with Gasteiger partial charge in [0.15, 0.2) is 5.96 Å². The van der Waals surface area contributed by atoms with Crippen molar-refractivity contribution in [1.82, 2.24) is 15.1 Å². The third-order valence-corrected chi connectivity index (χ3v) is 4.92. The van der Waals surface area contributed by atoms with E-state index in [1.165, 1.54) is 12.1 Å². The number of aliphatic imine (C=N–C) groups is 1. The maximum atomic E-state index is 13.7. The molecule has 0 bridgehead atoms. The van der Waals surface area contributed by atoms with Crippen molar-refractivity contribution in [3.05, 3.63) is 35.4 Å². The average molecular weight is 480 g/mol. The van der Waals surface area contributed by atoms with Gasteiger partial charge < -0.3 is 15.0 Å². The van der Waals surface area contributed by atoms with E-state index in [-0.39, 0.29) is 29.8 Å². The van der Waals surface area contributed by atoms with Crippen LogP contribution in [0.1, 0.15) is 12.0 Å². The second-order valence-electron chi connectivity index (χ2n) is 6.50. The van der Waals surface area contributed by atoms with Crippen LogP contribution < -0.4 is 5.32 Å². The highest BCUT2D eigenvalue weighted by atomic mass is 127. The molecule has 2 saturated heterocycles. The third kappa shape index (κ3) is 5.50. The maximum absolute atomic E-state index is 13.7. The molecule has 8 heteroatoms. The summed E-state index contributed by atoms with van der Waals surface area (Å²) in [5, 5.41) is 3.27. The molecule has 0 aliphatic carbocycles. The molecule has 1 aromatic rings. The van der Waals surface area contributed by atoms with Gasteiger partial charge in [-0.1, -0.05) is 0 Å². The van der Waals surface area contributed by atoms with Crippen molar-refractivity contribution in [1.29, 1.82) is 0 Å². The zero-order chi connectivity index (χ0) is 17.6. The Morgan fingerprint density at radius 3 is 2.77 bits per heavy atom. The Hall–Kier alpha value is -1.00. The van der Waals surface area contributed by atoms with E-state index in [4.69, 9.17) is 4.74 Å². The molecule has 26 heavy (non-hydrogen) atoms. The minimum atomic E-state index is -0.409. The quantitative estimate of drug-likeness (QED) is 0.407. The molecular formula is C18H27F2IN4O. The van der Waals surface area contributed by atoms with Gasteiger partial charge in [0.25, 0.3) is 0 Å². The molecule has 0 amide bonds. The summed E-state index contributed by atoms with van der Waals surface area (Å²) in [6, 6.07) is 4.10. The second-order valence-corrected chi connectivity index (χ2v) is 6.50. The Labute approximate surface area is 170 Å². The zero-order valence-electron chi connectivity index (χ0n) is 15.1. The number of nitrogens with zero attached hydrogens (tertiary/aromatic N) is 3. The molecule has 1 atom stereocenters. The summed E-state index contributed by atoms with van der Waals surface area (Å²) in [6.45, 7) is 6.01. The molecule has 5 nitrogen and oxygen atoms in total. The topological polar surface area (TPSA) is 40.1 Å². The molecule has 2 aliphatic rings. The van der Waals surface area contributed by atoms with Crippen LogP contribution in [0.4, 0.5) is 8.78 Å². The van der Waals surface area contributed by atoms with Crippen LogP contribution in [0.25, 0.3) is 0 Å². The third-order valence-electron chi connectivity index (χ3n) is 4.92. The minimum Gasteiger partial charge on any atom is -0.379 e. The lowest BCUT2D eigenvalue weighted by Crippen LogP contribution is -2.46. The van der Waals surface area contributed by atoms with E-state index < -0.39 is 5.82 Å². The monoisotopic (exact) mass is 480 g/mol. The fourth-order valence-electron chi connectivity index (χ4n) is 3.55. The Morgan fingerprint density at radius 2 is 2.04 bits per heavy atom. The van der Waals surface area contributed by atoms with Crippen molar-refractivity contribution < 1.29 is 13.5 Å². The van der Waals surface area contributed by atoms with Crippen LogP contribution in [-0.4, -0.2) is 74.8 Å². The van der Waals surface area contributed by atoms with Gasteiger partial charge in [0.2, 0.25) is 0 Å². The summed E-state index contributed by atoms with van der Waals surface area (Å²) in [5.74, 6) is 0.0491. The predicted molar refractivity (Wildman–Crippen MR) is 109 cm³/mol. The van der Waals surface area contributed by atoms with Gasteiger partial charge in [-0.3, -0.25) is 9.89 Å². The first-order valence-corrected chi connectivity index (χ1v) is 8.88. The first kappa shape index (κ1) is 21.3. The normalized spacial score (nSPS) is 21.6. The Balaban J connectivity index is 0.00000243. The van der Waals surface area contributed by atoms with E-state index >= 15 is 0 Å². The maximum Gasteiger partial charge on any atom is 0.193 e. The number of benzene rings is 1. The molecule has 146 valence electrons. The van der Waals surface area contributed by atoms with Crippen molar-refractivity contribution in [2.45, 2.75) is 18.9 Å². The van der Waals surface area contributed by atoms with Crippen LogP contribution in [0.15, 0.2) is 23.2 Å². The first-order chi connectivity index (χ1) is 12.2. The minimum absolute atomic E-state index is 0. The highest BCUT2D eigenvalue weighted by molar-refractivity contribution is 14.0. The molecule has 2 fully saturated rings. The Morgan fingerprint density at radius 1 is 1.27 bits per heavy atom. The van der Waals surface area contributed by atoms with Crippen molar-refractivity contribution in [2.24, 2.45) is 4.99 Å². The van der Waals surface area contributed by atoms with Crippen molar-refractivity contribution in [3.8, 4) is 0 Å². The molecule has 2 heterocycles. The SMILES string of the molecule is CN=C(NCCc1cc(F)ccc1F)N1CCC(N2CCOCC2)C1.I. The van der Waals surface area contributed by atoms with Crippen LogP contribution in [-0.2, 0) is 11.2 Å². The Kier molecular flexibility index (Phi) is 8.49. The fourth-order valence-corrected chi connectivity index (χ4v) is 3.55. The molecular weight excluding hydrogens is 453 g/mol. The van der Waals surface area contributed by atoms with Crippen molar-refractivity contribution in [3.63, 3.8) is 0 Å². The van der Waals surface area contributed by atoms with Crippen LogP contribution in [0.3, 0.4) is 0 Å². The number of hydrogen-bond acceptors (Lipinski definition) is 3. The fraction of sp³-hybridized carbons (Fsp3) is 0.611. The molecule has 1 unspecified atom stereocenters. The lowest BCUT2D eigenvalue weighted by atomic mass is 10.1. The summed E-state index contributed by atoms with van der Waals surface area (Å²) in [4.78, 5) is 9.06. The van der Waals surface area contributed by atoms with E-state index in [1.807, 2.05) is 0 Å². The van der Waals surface area contributed by atoms with E-state index in [1.54, 1.807) is 7.05 Å². The van der Waals surface area contributed by atoms with E-state index in [0.29, 0.717) is 24.6 Å². The number of guanidine groups is 1. The van der Waals surface area contributed by atoms with Crippen LogP contribution in [0.2, 0.25) is 0 Å². The standard InChI is InChI=1S/C18H26F2N4O.HI/c1-21-18(22-6-4-14-12-15(19)2-3-17(14)20)24-7-5-16(13-24)23-8-10-25-11-9-23;/h2-3,12,16H,4-11,13H2,1H3,(H,21,22);1H. The largest absolute Gasteiger partial charge is 0.379 e. The van der Waals surface area contributed by atoms with Gasteiger partial charge in [0.1, 0.15) is 11.6 Å². The summed E-state index contributed by atoms with van der Waals surface area (Å²) in [6.07, 6.45) is 1.53. The van der Waals surface area contributed by atoms with Crippen LogP contribution in [0.5, 0.6) is 0 Å². The molecule has 1 aromatic carbocycles. The lowest BCUT2D eigenvalue weighted by Gasteiger charge is -2.32. The van der Waals surface area contributed by atoms with Gasteiger partial charge in [0.05, 0.1) is 13.2 Å². The van der Waals surface area contributed by atoms with Crippen LogP contribution in [0, 0.1) is 11.6 Å². The van der Waals surface area contributed by atoms with Crippen LogP contribution >= 0.6 is 24.0 Å². The molecule has 0 radical (unpaired) electrons. The van der Waals surface area contributed by atoms with E-state index in [9.17, 15) is 8.78 Å². The molecule has 1 N–H and O–H groups in total. The first-order valence-electron chi connectivity index (χ1n) is 8.88. The van der Waals surface area contributed by atoms with Crippen molar-refractivity contribution >= 4 is 29.9 Å². The van der Waals surface area contributed by atoms with E-state index in [2.05, 4.69) is 20.1 Å². The van der Waals surface area contributed by atoms with Gasteiger partial charge in [0, 0.05) is 45.8 Å². The lowest BCUT2D eigenvalue weighted by molar-refractivity contribution is 0.0195. The van der Waals surface area contributed by atoms with Gasteiger partial charge >= 0.3 is 0 Å². The van der Waals surface area contributed by atoms with Gasteiger partial charge in [-0.15, -0.1) is 24.0 Å². The second kappa shape index (κ2) is 10.4. The summed E-state index contributed by atoms with van der Waals surface area (Å²) >= 11 is 0. The Bertz CT molecular complexity index is 611. The number of ether oxygens (including phenoxy) is 1. The molecule has 0 aromatic heterocycles. The molecule has 3 rings (SSSR count). The smallest absolute Gasteiger partial charge is 0.193 e.